The van der Waals surface area contributed by atoms with E-state index in [-0.39, 0.29) is 24.2 Å². The topological polar surface area (TPSA) is 134 Å². The van der Waals surface area contributed by atoms with Gasteiger partial charge in [-0.1, -0.05) is 18.2 Å². The van der Waals surface area contributed by atoms with E-state index < -0.39 is 29.5 Å². The molecule has 11 heteroatoms. The minimum Gasteiger partial charge on any atom is -0.399 e. The summed E-state index contributed by atoms with van der Waals surface area (Å²) in [4.78, 5) is 24.0. The average molecular weight is 476 g/mol. The second-order valence-corrected chi connectivity index (χ2v) is 8.23. The van der Waals surface area contributed by atoms with Gasteiger partial charge >= 0.3 is 0 Å². The first kappa shape index (κ1) is 24.1. The maximum atomic E-state index is 13.3. The molecule has 1 aromatic heterocycles. The van der Waals surface area contributed by atoms with Crippen molar-refractivity contribution in [1.82, 2.24) is 15.8 Å². The quantitative estimate of drug-likeness (QED) is 0.183. The van der Waals surface area contributed by atoms with Crippen LogP contribution < -0.4 is 22.4 Å². The summed E-state index contributed by atoms with van der Waals surface area (Å²) in [5.41, 5.74) is 8.65. The Labute approximate surface area is 192 Å². The van der Waals surface area contributed by atoms with Crippen LogP contribution in [0, 0.1) is 11.6 Å². The smallest absolute Gasteiger partial charge is 0.251 e. The first-order chi connectivity index (χ1) is 15.8. The molecule has 3 rings (SSSR count). The fourth-order valence-electron chi connectivity index (χ4n) is 3.25. The van der Waals surface area contributed by atoms with Crippen molar-refractivity contribution in [3.63, 3.8) is 0 Å². The number of hydrogen-bond donors (Lipinski definition) is 5. The third-order valence-corrected chi connectivity index (χ3v) is 5.95. The van der Waals surface area contributed by atoms with Gasteiger partial charge in [-0.2, -0.15) is 0 Å². The number of nitrogens with zero attached hydrogens (tertiary/aromatic N) is 1. The van der Waals surface area contributed by atoms with Gasteiger partial charge in [0.15, 0.2) is 11.6 Å². The minimum absolute atomic E-state index is 0.0619. The number of nitrogens with one attached hydrogen (secondary N) is 2. The molecule has 3 aromatic rings. The molecule has 0 radical (unpaired) electrons. The highest BCUT2D eigenvalue weighted by molar-refractivity contribution is 7.17. The van der Waals surface area contributed by atoms with E-state index in [0.29, 0.717) is 6.42 Å². The zero-order valence-electron chi connectivity index (χ0n) is 17.4. The number of benzene rings is 2. The molecule has 0 aliphatic heterocycles. The van der Waals surface area contributed by atoms with E-state index in [0.717, 1.165) is 33.8 Å². The molecule has 2 aromatic carbocycles. The van der Waals surface area contributed by atoms with E-state index in [1.165, 1.54) is 11.2 Å². The number of hydroxylamine groups is 1. The minimum atomic E-state index is -1.13. The Morgan fingerprint density at radius 3 is 2.67 bits per heavy atom. The summed E-state index contributed by atoms with van der Waals surface area (Å²) in [5.74, 6) is 2.70. The van der Waals surface area contributed by atoms with Gasteiger partial charge in [0.05, 0.1) is 19.0 Å². The Kier molecular flexibility index (Phi) is 7.93. The molecule has 2 amide bonds. The zero-order chi connectivity index (χ0) is 24.0. The van der Waals surface area contributed by atoms with Crippen LogP contribution in [0.2, 0.25) is 0 Å². The molecule has 1 atom stereocenters. The van der Waals surface area contributed by atoms with Crippen LogP contribution in [-0.2, 0) is 11.2 Å². The average Bonchev–Trinajstić information content (AvgIpc) is 3.21. The number of carbonyl (C=O) groups is 2. The normalized spacial score (nSPS) is 12.4. The molecule has 174 valence electrons. The van der Waals surface area contributed by atoms with Gasteiger partial charge in [0, 0.05) is 22.2 Å². The van der Waals surface area contributed by atoms with E-state index in [2.05, 4.69) is 5.32 Å². The van der Waals surface area contributed by atoms with E-state index in [1.807, 2.05) is 29.6 Å². The summed E-state index contributed by atoms with van der Waals surface area (Å²) in [6, 6.07) is 10.1. The van der Waals surface area contributed by atoms with E-state index in [9.17, 15) is 18.4 Å². The number of hydrazine groups is 1. The lowest BCUT2D eigenvalue weighted by atomic mass is 10.0. The number of fused-ring (bicyclic) bond motifs is 1. The molecule has 33 heavy (non-hydrogen) atoms. The summed E-state index contributed by atoms with van der Waals surface area (Å²) in [7, 11) is 0. The van der Waals surface area contributed by atoms with Crippen LogP contribution in [0.4, 0.5) is 8.78 Å². The van der Waals surface area contributed by atoms with Gasteiger partial charge in [0.25, 0.3) is 5.91 Å². The van der Waals surface area contributed by atoms with Crippen LogP contribution in [0.3, 0.4) is 0 Å². The third kappa shape index (κ3) is 6.25. The second-order valence-electron chi connectivity index (χ2n) is 7.32. The van der Waals surface area contributed by atoms with Crippen LogP contribution in [0.1, 0.15) is 22.3 Å². The number of carbonyl (C=O) groups excluding carboxylic acids is 2. The number of amides is 2. The van der Waals surface area contributed by atoms with Crippen molar-refractivity contribution in [2.24, 2.45) is 11.6 Å². The van der Waals surface area contributed by atoms with E-state index >= 15 is 0 Å². The number of halogens is 2. The molecular formula is C22H23F2N5O3S. The summed E-state index contributed by atoms with van der Waals surface area (Å²) in [6.45, 7) is -0.119. The molecule has 7 N–H and O–H groups in total. The predicted molar refractivity (Wildman–Crippen MR) is 121 cm³/mol. The van der Waals surface area contributed by atoms with Crippen molar-refractivity contribution in [3.8, 4) is 0 Å². The first-order valence-corrected chi connectivity index (χ1v) is 10.8. The van der Waals surface area contributed by atoms with E-state index in [1.54, 1.807) is 16.8 Å². The van der Waals surface area contributed by atoms with Crippen molar-refractivity contribution in [2.45, 2.75) is 18.9 Å². The number of nitrogens with two attached hydrogens (primary N) is 2. The van der Waals surface area contributed by atoms with Gasteiger partial charge in [-0.15, -0.1) is 11.3 Å². The third-order valence-electron chi connectivity index (χ3n) is 4.93. The molecule has 0 aliphatic carbocycles. The molecular weight excluding hydrogens is 452 g/mol. The van der Waals surface area contributed by atoms with E-state index in [4.69, 9.17) is 16.8 Å². The Hall–Kier alpha value is -3.54. The molecule has 1 unspecified atom stereocenters. The molecule has 0 saturated carbocycles. The van der Waals surface area contributed by atoms with Crippen molar-refractivity contribution >= 4 is 33.2 Å². The maximum absolute atomic E-state index is 13.3. The number of hydrogen-bond acceptors (Lipinski definition) is 7. The Morgan fingerprint density at radius 1 is 1.18 bits per heavy atom. The highest BCUT2D eigenvalue weighted by Gasteiger charge is 2.20. The first-order valence-electron chi connectivity index (χ1n) is 9.89. The van der Waals surface area contributed by atoms with Crippen molar-refractivity contribution in [3.05, 3.63) is 82.5 Å². The lowest BCUT2D eigenvalue weighted by Gasteiger charge is -2.26. The fourth-order valence-corrected chi connectivity index (χ4v) is 4.23. The van der Waals surface area contributed by atoms with Crippen molar-refractivity contribution in [2.75, 3.05) is 6.54 Å². The van der Waals surface area contributed by atoms with Gasteiger partial charge < -0.3 is 16.1 Å². The fraction of sp³-hybridized carbons (Fsp3) is 0.182. The molecule has 0 bridgehead atoms. The zero-order valence-corrected chi connectivity index (χ0v) is 18.2. The SMILES string of the molecule is N/C(=C\N(N)C(CC(=O)NO)Cc1csc2ccccc12)CNC(=O)c1ccc(F)c(F)c1. The monoisotopic (exact) mass is 475 g/mol. The Bertz CT molecular complexity index is 1180. The molecule has 0 aliphatic rings. The summed E-state index contributed by atoms with van der Waals surface area (Å²) >= 11 is 1.57. The molecule has 0 fully saturated rings. The van der Waals surface area contributed by atoms with Crippen LogP contribution in [0.25, 0.3) is 10.1 Å². The Balaban J connectivity index is 1.69. The van der Waals surface area contributed by atoms with Crippen LogP contribution in [0.5, 0.6) is 0 Å². The number of thiophene rings is 1. The van der Waals surface area contributed by atoms with Crippen molar-refractivity contribution < 1.29 is 23.6 Å². The number of rotatable bonds is 9. The molecule has 1 heterocycles. The lowest BCUT2D eigenvalue weighted by molar-refractivity contribution is -0.130. The van der Waals surface area contributed by atoms with Crippen LogP contribution >= 0.6 is 11.3 Å². The van der Waals surface area contributed by atoms with Gasteiger partial charge in [-0.3, -0.25) is 14.8 Å². The van der Waals surface area contributed by atoms with Gasteiger partial charge in [0.1, 0.15) is 0 Å². The lowest BCUT2D eigenvalue weighted by Crippen LogP contribution is -2.42. The second kappa shape index (κ2) is 10.9. The predicted octanol–water partition coefficient (Wildman–Crippen LogP) is 2.39. The largest absolute Gasteiger partial charge is 0.399 e. The highest BCUT2D eigenvalue weighted by atomic mass is 32.1. The standard InChI is InChI=1S/C22H23F2N5O3S/c23-18-6-5-13(8-19(18)24)22(31)27-10-15(25)11-29(26)16(9-21(30)28-32)7-14-12-33-20-4-2-1-3-17(14)20/h1-6,8,11-12,16,32H,7,9-10,25-26H2,(H,27,31)(H,28,30)/b15-11-. The van der Waals surface area contributed by atoms with Gasteiger partial charge in [-0.25, -0.2) is 20.1 Å². The molecule has 0 saturated heterocycles. The van der Waals surface area contributed by atoms with Crippen molar-refractivity contribution in [1.29, 1.82) is 0 Å². The van der Waals surface area contributed by atoms with Gasteiger partial charge in [0.2, 0.25) is 5.91 Å². The summed E-state index contributed by atoms with van der Waals surface area (Å²) < 4.78 is 27.5. The van der Waals surface area contributed by atoms with Crippen LogP contribution in [-0.4, -0.2) is 34.6 Å². The summed E-state index contributed by atoms with van der Waals surface area (Å²) in [5, 5.41) is 15.7. The summed E-state index contributed by atoms with van der Waals surface area (Å²) in [6.07, 6.45) is 1.66. The van der Waals surface area contributed by atoms with Gasteiger partial charge in [-0.05, 0) is 47.0 Å². The van der Waals surface area contributed by atoms with Crippen LogP contribution in [0.15, 0.2) is 59.7 Å². The highest BCUT2D eigenvalue weighted by Crippen LogP contribution is 2.27. The maximum Gasteiger partial charge on any atom is 0.251 e. The molecule has 8 nitrogen and oxygen atoms in total. The Morgan fingerprint density at radius 2 is 1.94 bits per heavy atom. The molecule has 0 spiro atoms.